The lowest BCUT2D eigenvalue weighted by Crippen LogP contribution is -2.48. The average molecular weight is 316 g/mol. The lowest BCUT2D eigenvalue weighted by Gasteiger charge is -2.37. The number of sulfone groups is 1. The summed E-state index contributed by atoms with van der Waals surface area (Å²) in [5.41, 5.74) is 0. The molecule has 122 valence electrons. The third kappa shape index (κ3) is 4.42. The minimum Gasteiger partial charge on any atom is -0.341 e. The molecule has 2 fully saturated rings. The van der Waals surface area contributed by atoms with Gasteiger partial charge in [0.25, 0.3) is 0 Å². The van der Waals surface area contributed by atoms with Crippen LogP contribution in [-0.4, -0.2) is 67.3 Å². The summed E-state index contributed by atoms with van der Waals surface area (Å²) >= 11 is 0. The van der Waals surface area contributed by atoms with E-state index in [9.17, 15) is 13.2 Å². The van der Waals surface area contributed by atoms with Crippen LogP contribution >= 0.6 is 0 Å². The first-order valence-electron chi connectivity index (χ1n) is 8.13. The molecule has 0 saturated carbocycles. The number of amides is 1. The number of hydrogen-bond acceptors (Lipinski definition) is 4. The van der Waals surface area contributed by atoms with Crippen LogP contribution in [0, 0.1) is 0 Å². The van der Waals surface area contributed by atoms with Crippen molar-refractivity contribution in [3.63, 3.8) is 0 Å². The Morgan fingerprint density at radius 3 is 2.57 bits per heavy atom. The summed E-state index contributed by atoms with van der Waals surface area (Å²) in [5, 5.41) is -0.305. The predicted molar refractivity (Wildman–Crippen MR) is 83.9 cm³/mol. The second-order valence-corrected chi connectivity index (χ2v) is 9.22. The molecule has 1 atom stereocenters. The molecule has 2 heterocycles. The first kappa shape index (κ1) is 16.7. The standard InChI is InChI=1S/C15H28N2O3S/c1-13(2)21(19,20)11-10-16-8-4-3-6-14(16)12-17-9-5-7-15(17)18/h13-14H,3-12H2,1-2H3. The summed E-state index contributed by atoms with van der Waals surface area (Å²) in [4.78, 5) is 16.0. The highest BCUT2D eigenvalue weighted by molar-refractivity contribution is 7.92. The Kier molecular flexibility index (Phi) is 5.66. The molecule has 5 nitrogen and oxygen atoms in total. The normalized spacial score (nSPS) is 25.0. The van der Waals surface area contributed by atoms with E-state index in [0.29, 0.717) is 19.0 Å². The molecule has 2 rings (SSSR count). The van der Waals surface area contributed by atoms with Crippen molar-refractivity contribution in [3.05, 3.63) is 0 Å². The van der Waals surface area contributed by atoms with E-state index in [1.54, 1.807) is 13.8 Å². The first-order valence-corrected chi connectivity index (χ1v) is 9.85. The molecule has 1 amide bonds. The van der Waals surface area contributed by atoms with Gasteiger partial charge in [-0.1, -0.05) is 6.42 Å². The summed E-state index contributed by atoms with van der Waals surface area (Å²) < 4.78 is 24.0. The second kappa shape index (κ2) is 7.09. The number of rotatable bonds is 6. The van der Waals surface area contributed by atoms with Crippen LogP contribution in [0.4, 0.5) is 0 Å². The number of likely N-dealkylation sites (tertiary alicyclic amines) is 2. The van der Waals surface area contributed by atoms with E-state index in [4.69, 9.17) is 0 Å². The SMILES string of the molecule is CC(C)S(=O)(=O)CCN1CCCCC1CN1CCCC1=O. The highest BCUT2D eigenvalue weighted by Crippen LogP contribution is 2.20. The maximum atomic E-state index is 12.0. The molecule has 1 unspecified atom stereocenters. The van der Waals surface area contributed by atoms with Crippen molar-refractivity contribution in [2.24, 2.45) is 0 Å². The zero-order chi connectivity index (χ0) is 15.5. The van der Waals surface area contributed by atoms with E-state index >= 15 is 0 Å². The molecule has 0 bridgehead atoms. The van der Waals surface area contributed by atoms with Gasteiger partial charge < -0.3 is 4.90 Å². The molecule has 2 saturated heterocycles. The van der Waals surface area contributed by atoms with Gasteiger partial charge in [0.2, 0.25) is 5.91 Å². The maximum Gasteiger partial charge on any atom is 0.222 e. The minimum atomic E-state index is -2.98. The largest absolute Gasteiger partial charge is 0.341 e. The fourth-order valence-electron chi connectivity index (χ4n) is 3.19. The summed E-state index contributed by atoms with van der Waals surface area (Å²) in [6.45, 7) is 6.69. The molecule has 2 aliphatic rings. The van der Waals surface area contributed by atoms with Crippen LogP contribution in [0.25, 0.3) is 0 Å². The quantitative estimate of drug-likeness (QED) is 0.741. The van der Waals surface area contributed by atoms with Gasteiger partial charge in [0.05, 0.1) is 11.0 Å². The van der Waals surface area contributed by atoms with Crippen molar-refractivity contribution in [2.45, 2.75) is 57.2 Å². The highest BCUT2D eigenvalue weighted by atomic mass is 32.2. The summed E-state index contributed by atoms with van der Waals surface area (Å²) in [5.74, 6) is 0.491. The lowest BCUT2D eigenvalue weighted by molar-refractivity contribution is -0.128. The Hall–Kier alpha value is -0.620. The van der Waals surface area contributed by atoms with Gasteiger partial charge in [-0.15, -0.1) is 0 Å². The molecular weight excluding hydrogens is 288 g/mol. The molecule has 0 aromatic rings. The zero-order valence-electron chi connectivity index (χ0n) is 13.3. The number of carbonyl (C=O) groups is 1. The van der Waals surface area contributed by atoms with Crippen molar-refractivity contribution in [3.8, 4) is 0 Å². The molecule has 0 aromatic heterocycles. The van der Waals surface area contributed by atoms with Gasteiger partial charge in [-0.2, -0.15) is 0 Å². The van der Waals surface area contributed by atoms with Gasteiger partial charge in [-0.25, -0.2) is 8.42 Å². The number of hydrogen-bond donors (Lipinski definition) is 0. The molecule has 0 aliphatic carbocycles. The van der Waals surface area contributed by atoms with Crippen molar-refractivity contribution < 1.29 is 13.2 Å². The number of nitrogens with zero attached hydrogens (tertiary/aromatic N) is 2. The molecule has 0 radical (unpaired) electrons. The Labute approximate surface area is 128 Å². The van der Waals surface area contributed by atoms with Gasteiger partial charge >= 0.3 is 0 Å². The van der Waals surface area contributed by atoms with E-state index in [1.807, 2.05) is 4.90 Å². The van der Waals surface area contributed by atoms with Gasteiger partial charge in [0, 0.05) is 32.1 Å². The molecular formula is C15H28N2O3S. The van der Waals surface area contributed by atoms with E-state index in [2.05, 4.69) is 4.90 Å². The highest BCUT2D eigenvalue weighted by Gasteiger charge is 2.29. The van der Waals surface area contributed by atoms with Gasteiger partial charge in [-0.05, 0) is 39.7 Å². The average Bonchev–Trinajstić information content (AvgIpc) is 2.83. The topological polar surface area (TPSA) is 57.7 Å². The van der Waals surface area contributed by atoms with Crippen molar-refractivity contribution >= 4 is 15.7 Å². The molecule has 21 heavy (non-hydrogen) atoms. The Bertz CT molecular complexity index is 462. The molecule has 0 spiro atoms. The Morgan fingerprint density at radius 1 is 1.19 bits per heavy atom. The summed E-state index contributed by atoms with van der Waals surface area (Å²) in [6.07, 6.45) is 5.03. The molecule has 0 N–H and O–H groups in total. The maximum absolute atomic E-state index is 12.0. The van der Waals surface area contributed by atoms with Crippen molar-refractivity contribution in [1.29, 1.82) is 0 Å². The van der Waals surface area contributed by atoms with E-state index in [0.717, 1.165) is 38.9 Å². The predicted octanol–water partition coefficient (Wildman–Crippen LogP) is 1.29. The van der Waals surface area contributed by atoms with Crippen molar-refractivity contribution in [2.75, 3.05) is 31.9 Å². The first-order chi connectivity index (χ1) is 9.90. The number of carbonyl (C=O) groups excluding carboxylic acids is 1. The van der Waals surface area contributed by atoms with Gasteiger partial charge in [0.15, 0.2) is 9.84 Å². The molecule has 2 aliphatic heterocycles. The smallest absolute Gasteiger partial charge is 0.222 e. The van der Waals surface area contributed by atoms with Crippen LogP contribution in [0.3, 0.4) is 0 Å². The van der Waals surface area contributed by atoms with Crippen LogP contribution < -0.4 is 0 Å². The van der Waals surface area contributed by atoms with Crippen LogP contribution in [0.15, 0.2) is 0 Å². The third-order valence-electron chi connectivity index (χ3n) is 4.73. The lowest BCUT2D eigenvalue weighted by atomic mass is 10.0. The summed E-state index contributed by atoms with van der Waals surface area (Å²) in [6, 6.07) is 0.336. The Balaban J connectivity index is 1.91. The van der Waals surface area contributed by atoms with E-state index in [-0.39, 0.29) is 16.9 Å². The van der Waals surface area contributed by atoms with Crippen LogP contribution in [0.2, 0.25) is 0 Å². The van der Waals surface area contributed by atoms with Crippen LogP contribution in [0.5, 0.6) is 0 Å². The van der Waals surface area contributed by atoms with Gasteiger partial charge in [0.1, 0.15) is 0 Å². The van der Waals surface area contributed by atoms with Crippen LogP contribution in [0.1, 0.15) is 46.0 Å². The van der Waals surface area contributed by atoms with E-state index < -0.39 is 9.84 Å². The van der Waals surface area contributed by atoms with Crippen LogP contribution in [-0.2, 0) is 14.6 Å². The Morgan fingerprint density at radius 2 is 1.95 bits per heavy atom. The minimum absolute atomic E-state index is 0.231. The molecule has 6 heteroatoms. The number of piperidine rings is 1. The zero-order valence-corrected chi connectivity index (χ0v) is 14.1. The molecule has 0 aromatic carbocycles. The monoisotopic (exact) mass is 316 g/mol. The fourth-order valence-corrected chi connectivity index (χ4v) is 4.15. The summed E-state index contributed by atoms with van der Waals surface area (Å²) in [7, 11) is -2.98. The third-order valence-corrected chi connectivity index (χ3v) is 6.92. The van der Waals surface area contributed by atoms with Crippen molar-refractivity contribution in [1.82, 2.24) is 9.80 Å². The van der Waals surface area contributed by atoms with Gasteiger partial charge in [-0.3, -0.25) is 9.69 Å². The van der Waals surface area contributed by atoms with E-state index in [1.165, 1.54) is 6.42 Å². The second-order valence-electron chi connectivity index (χ2n) is 6.54. The fraction of sp³-hybridized carbons (Fsp3) is 0.933.